The molecule has 1 atom stereocenters. The predicted molar refractivity (Wildman–Crippen MR) is 72.2 cm³/mol. The van der Waals surface area contributed by atoms with Crippen molar-refractivity contribution in [3.8, 4) is 0 Å². The zero-order valence-electron chi connectivity index (χ0n) is 9.85. The summed E-state index contributed by atoms with van der Waals surface area (Å²) in [5, 5.41) is 3.65. The van der Waals surface area contributed by atoms with Crippen LogP contribution in [0.25, 0.3) is 0 Å². The number of amidine groups is 1. The highest BCUT2D eigenvalue weighted by atomic mass is 32.2. The zero-order valence-corrected chi connectivity index (χ0v) is 10.7. The molecule has 0 spiro atoms. The Balaban J connectivity index is 1.87. The monoisotopic (exact) mass is 248 g/mol. The summed E-state index contributed by atoms with van der Waals surface area (Å²) in [4.78, 5) is 16.1. The SMILES string of the molecule is CC(Cc1ccccc1)C(=O)NC1=NCCS1. The maximum atomic E-state index is 11.9. The second-order valence-corrected chi connectivity index (χ2v) is 5.20. The molecule has 0 saturated carbocycles. The van der Waals surface area contributed by atoms with Gasteiger partial charge in [0.15, 0.2) is 5.17 Å². The zero-order chi connectivity index (χ0) is 12.1. The smallest absolute Gasteiger partial charge is 0.229 e. The molecule has 1 aliphatic rings. The topological polar surface area (TPSA) is 41.5 Å². The van der Waals surface area contributed by atoms with Gasteiger partial charge in [0.25, 0.3) is 0 Å². The lowest BCUT2D eigenvalue weighted by Crippen LogP contribution is -2.33. The van der Waals surface area contributed by atoms with Gasteiger partial charge in [0.2, 0.25) is 5.91 Å². The van der Waals surface area contributed by atoms with E-state index in [9.17, 15) is 4.79 Å². The Morgan fingerprint density at radius 3 is 2.88 bits per heavy atom. The van der Waals surface area contributed by atoms with Crippen LogP contribution in [0.3, 0.4) is 0 Å². The molecule has 0 fully saturated rings. The van der Waals surface area contributed by atoms with E-state index in [1.54, 1.807) is 11.8 Å². The number of nitrogens with zero attached hydrogens (tertiary/aromatic N) is 1. The molecule has 1 aromatic carbocycles. The molecular weight excluding hydrogens is 232 g/mol. The van der Waals surface area contributed by atoms with E-state index in [0.29, 0.717) is 0 Å². The van der Waals surface area contributed by atoms with E-state index in [2.05, 4.69) is 10.3 Å². The lowest BCUT2D eigenvalue weighted by molar-refractivity contribution is -0.122. The Morgan fingerprint density at radius 2 is 2.24 bits per heavy atom. The molecular formula is C13H16N2OS. The van der Waals surface area contributed by atoms with E-state index in [0.717, 1.165) is 23.9 Å². The Hall–Kier alpha value is -1.29. The van der Waals surface area contributed by atoms with Crippen molar-refractivity contribution >= 4 is 22.8 Å². The normalized spacial score (nSPS) is 16.4. The minimum atomic E-state index is -0.0266. The number of rotatable bonds is 3. The summed E-state index contributed by atoms with van der Waals surface area (Å²) in [6.45, 7) is 2.76. The van der Waals surface area contributed by atoms with Crippen molar-refractivity contribution in [2.75, 3.05) is 12.3 Å². The molecule has 1 unspecified atom stereocenters. The van der Waals surface area contributed by atoms with E-state index < -0.39 is 0 Å². The van der Waals surface area contributed by atoms with E-state index >= 15 is 0 Å². The fourth-order valence-corrected chi connectivity index (χ4v) is 2.43. The third kappa shape index (κ3) is 3.60. The fourth-order valence-electron chi connectivity index (χ4n) is 1.70. The first-order valence-electron chi connectivity index (χ1n) is 5.78. The first kappa shape index (κ1) is 12.2. The van der Waals surface area contributed by atoms with Gasteiger partial charge in [-0.2, -0.15) is 0 Å². The highest BCUT2D eigenvalue weighted by Gasteiger charge is 2.17. The van der Waals surface area contributed by atoms with Gasteiger partial charge in [-0.05, 0) is 12.0 Å². The summed E-state index contributed by atoms with van der Waals surface area (Å²) in [5.74, 6) is 1.01. The number of amides is 1. The number of carbonyl (C=O) groups excluding carboxylic acids is 1. The van der Waals surface area contributed by atoms with Gasteiger partial charge in [-0.15, -0.1) is 0 Å². The number of thioether (sulfide) groups is 1. The lowest BCUT2D eigenvalue weighted by atomic mass is 10.0. The van der Waals surface area contributed by atoms with Crippen LogP contribution in [-0.4, -0.2) is 23.4 Å². The lowest BCUT2D eigenvalue weighted by Gasteiger charge is -2.11. The van der Waals surface area contributed by atoms with Crippen LogP contribution in [0.15, 0.2) is 35.3 Å². The maximum absolute atomic E-state index is 11.9. The van der Waals surface area contributed by atoms with Gasteiger partial charge < -0.3 is 5.32 Å². The predicted octanol–water partition coefficient (Wildman–Crippen LogP) is 2.08. The van der Waals surface area contributed by atoms with Gasteiger partial charge in [0, 0.05) is 11.7 Å². The second kappa shape index (κ2) is 5.87. The highest BCUT2D eigenvalue weighted by molar-refractivity contribution is 8.14. The fraction of sp³-hybridized carbons (Fsp3) is 0.385. The average Bonchev–Trinajstić information content (AvgIpc) is 2.83. The standard InChI is InChI=1S/C13H16N2OS/c1-10(9-11-5-3-2-4-6-11)12(16)15-13-14-7-8-17-13/h2-6,10H,7-9H2,1H3,(H,14,15,16). The van der Waals surface area contributed by atoms with E-state index in [1.807, 2.05) is 37.3 Å². The van der Waals surface area contributed by atoms with Crippen LogP contribution in [-0.2, 0) is 11.2 Å². The van der Waals surface area contributed by atoms with Crippen LogP contribution >= 0.6 is 11.8 Å². The van der Waals surface area contributed by atoms with Crippen LogP contribution in [0.4, 0.5) is 0 Å². The summed E-state index contributed by atoms with van der Waals surface area (Å²) < 4.78 is 0. The van der Waals surface area contributed by atoms with Gasteiger partial charge in [0.1, 0.15) is 0 Å². The highest BCUT2D eigenvalue weighted by Crippen LogP contribution is 2.12. The van der Waals surface area contributed by atoms with Crippen LogP contribution in [0.1, 0.15) is 12.5 Å². The third-order valence-electron chi connectivity index (χ3n) is 2.65. The van der Waals surface area contributed by atoms with E-state index in [4.69, 9.17) is 0 Å². The molecule has 0 bridgehead atoms. The molecule has 0 aliphatic carbocycles. The number of benzene rings is 1. The van der Waals surface area contributed by atoms with Gasteiger partial charge >= 0.3 is 0 Å². The molecule has 90 valence electrons. The second-order valence-electron chi connectivity index (χ2n) is 4.12. The molecule has 1 aliphatic heterocycles. The molecule has 17 heavy (non-hydrogen) atoms. The molecule has 1 N–H and O–H groups in total. The molecule has 1 heterocycles. The van der Waals surface area contributed by atoms with Crippen molar-refractivity contribution in [1.29, 1.82) is 0 Å². The van der Waals surface area contributed by atoms with Crippen molar-refractivity contribution in [2.45, 2.75) is 13.3 Å². The first-order valence-corrected chi connectivity index (χ1v) is 6.76. The molecule has 1 aromatic rings. The average molecular weight is 248 g/mol. The van der Waals surface area contributed by atoms with Crippen LogP contribution in [0.2, 0.25) is 0 Å². The first-order chi connectivity index (χ1) is 8.25. The van der Waals surface area contributed by atoms with Crippen LogP contribution in [0.5, 0.6) is 0 Å². The number of hydrogen-bond acceptors (Lipinski definition) is 3. The molecule has 0 saturated heterocycles. The van der Waals surface area contributed by atoms with Crippen molar-refractivity contribution in [1.82, 2.24) is 5.32 Å². The Bertz CT molecular complexity index is 417. The molecule has 2 rings (SSSR count). The summed E-state index contributed by atoms with van der Waals surface area (Å²) in [6, 6.07) is 10.1. The Kier molecular flexibility index (Phi) is 4.20. The largest absolute Gasteiger partial charge is 0.305 e. The molecule has 0 aromatic heterocycles. The molecule has 3 nitrogen and oxygen atoms in total. The van der Waals surface area contributed by atoms with Crippen LogP contribution < -0.4 is 5.32 Å². The quantitative estimate of drug-likeness (QED) is 0.890. The summed E-state index contributed by atoms with van der Waals surface area (Å²) in [5.41, 5.74) is 1.19. The number of hydrogen-bond donors (Lipinski definition) is 1. The molecule has 0 radical (unpaired) electrons. The van der Waals surface area contributed by atoms with Crippen LogP contribution in [0, 0.1) is 5.92 Å². The van der Waals surface area contributed by atoms with Crippen molar-refractivity contribution < 1.29 is 4.79 Å². The summed E-state index contributed by atoms with van der Waals surface area (Å²) in [6.07, 6.45) is 0.768. The summed E-state index contributed by atoms with van der Waals surface area (Å²) >= 11 is 1.61. The minimum Gasteiger partial charge on any atom is -0.305 e. The number of nitrogens with one attached hydrogen (secondary N) is 1. The molecule has 4 heteroatoms. The Labute approximate surface area is 106 Å². The van der Waals surface area contributed by atoms with Gasteiger partial charge in [-0.25, -0.2) is 0 Å². The van der Waals surface area contributed by atoms with E-state index in [1.165, 1.54) is 5.56 Å². The van der Waals surface area contributed by atoms with Crippen molar-refractivity contribution in [2.24, 2.45) is 10.9 Å². The van der Waals surface area contributed by atoms with Gasteiger partial charge in [0.05, 0.1) is 6.54 Å². The third-order valence-corrected chi connectivity index (χ3v) is 3.54. The Morgan fingerprint density at radius 1 is 1.47 bits per heavy atom. The van der Waals surface area contributed by atoms with E-state index in [-0.39, 0.29) is 11.8 Å². The van der Waals surface area contributed by atoms with Crippen molar-refractivity contribution in [3.05, 3.63) is 35.9 Å². The maximum Gasteiger partial charge on any atom is 0.229 e. The summed E-state index contributed by atoms with van der Waals surface area (Å²) in [7, 11) is 0. The van der Waals surface area contributed by atoms with Crippen molar-refractivity contribution in [3.63, 3.8) is 0 Å². The van der Waals surface area contributed by atoms with Gasteiger partial charge in [-0.3, -0.25) is 9.79 Å². The molecule has 1 amide bonds. The minimum absolute atomic E-state index is 0.0266. The van der Waals surface area contributed by atoms with Gasteiger partial charge in [-0.1, -0.05) is 49.0 Å². The number of aliphatic imine (C=N–C) groups is 1. The number of carbonyl (C=O) groups is 1.